The zero-order valence-electron chi connectivity index (χ0n) is 16.3. The number of aromatic nitrogens is 4. The van der Waals surface area contributed by atoms with Gasteiger partial charge in [0.25, 0.3) is 0 Å². The number of carbonyl (C=O) groups excluding carboxylic acids is 1. The Morgan fingerprint density at radius 1 is 1.00 bits per heavy atom. The molecule has 3 heterocycles. The van der Waals surface area contributed by atoms with Crippen molar-refractivity contribution >= 4 is 29.7 Å². The molecule has 1 N–H and O–H groups in total. The van der Waals surface area contributed by atoms with Crippen LogP contribution in [-0.4, -0.2) is 25.5 Å². The van der Waals surface area contributed by atoms with Crippen molar-refractivity contribution in [3.05, 3.63) is 78.1 Å². The third-order valence-electron chi connectivity index (χ3n) is 4.46. The molecule has 4 aromatic rings. The van der Waals surface area contributed by atoms with E-state index >= 15 is 0 Å². The molecule has 0 fully saturated rings. The lowest BCUT2D eigenvalue weighted by Crippen LogP contribution is -2.18. The van der Waals surface area contributed by atoms with Gasteiger partial charge in [0.2, 0.25) is 11.9 Å². The fraction of sp³-hybridized carbons (Fsp3) is 0.130. The number of benzene rings is 1. The summed E-state index contributed by atoms with van der Waals surface area (Å²) in [7, 11) is 0. The minimum Gasteiger partial charge on any atom is -0.293 e. The summed E-state index contributed by atoms with van der Waals surface area (Å²) in [5, 5.41) is 7.22. The number of fused-ring (bicyclic) bond motifs is 1. The Hall–Kier alpha value is -3.80. The number of anilines is 1. The second kappa shape index (κ2) is 8.06. The number of nitrogens with one attached hydrogen (secondary N) is 1. The van der Waals surface area contributed by atoms with Gasteiger partial charge in [0.05, 0.1) is 11.4 Å². The molecule has 144 valence electrons. The fourth-order valence-electron chi connectivity index (χ4n) is 2.85. The van der Waals surface area contributed by atoms with Crippen molar-refractivity contribution in [2.45, 2.75) is 13.8 Å². The van der Waals surface area contributed by atoms with Gasteiger partial charge in [0.15, 0.2) is 5.65 Å². The lowest BCUT2D eigenvalue weighted by molar-refractivity contribution is -0.118. The summed E-state index contributed by atoms with van der Waals surface area (Å²) < 4.78 is 1.74. The topological polar surface area (TPSA) is 72.2 Å². The average Bonchev–Trinajstić information content (AvgIpc) is 3.16. The van der Waals surface area contributed by atoms with E-state index in [-0.39, 0.29) is 11.8 Å². The first-order chi connectivity index (χ1) is 14.1. The lowest BCUT2D eigenvalue weighted by atomic mass is 10.1. The maximum Gasteiger partial charge on any atom is 0.249 e. The SMILES string of the molecule is CC(C)C(=O)Nc1nc2cccc(-c3ccc(/C=C/c4ccccn4)cc3)n2n1. The maximum absolute atomic E-state index is 11.9. The van der Waals surface area contributed by atoms with Gasteiger partial charge in [-0.3, -0.25) is 15.1 Å². The van der Waals surface area contributed by atoms with E-state index in [0.717, 1.165) is 22.5 Å². The van der Waals surface area contributed by atoms with Crippen molar-refractivity contribution in [2.75, 3.05) is 5.32 Å². The van der Waals surface area contributed by atoms with Gasteiger partial charge in [-0.25, -0.2) is 4.52 Å². The highest BCUT2D eigenvalue weighted by atomic mass is 16.2. The van der Waals surface area contributed by atoms with Gasteiger partial charge in [0.1, 0.15) is 0 Å². The second-order valence-electron chi connectivity index (χ2n) is 6.97. The Bertz CT molecular complexity index is 1160. The molecule has 0 bridgehead atoms. The van der Waals surface area contributed by atoms with E-state index < -0.39 is 0 Å². The molecule has 1 aromatic carbocycles. The maximum atomic E-state index is 11.9. The largest absolute Gasteiger partial charge is 0.293 e. The van der Waals surface area contributed by atoms with E-state index in [0.29, 0.717) is 11.6 Å². The number of nitrogens with zero attached hydrogens (tertiary/aromatic N) is 4. The zero-order chi connectivity index (χ0) is 20.2. The van der Waals surface area contributed by atoms with E-state index in [2.05, 4.69) is 20.4 Å². The van der Waals surface area contributed by atoms with Crippen LogP contribution >= 0.6 is 0 Å². The minimum absolute atomic E-state index is 0.105. The Labute approximate surface area is 169 Å². The predicted octanol–water partition coefficient (Wildman–Crippen LogP) is 4.56. The van der Waals surface area contributed by atoms with Crippen molar-refractivity contribution in [1.82, 2.24) is 19.6 Å². The highest BCUT2D eigenvalue weighted by molar-refractivity contribution is 5.90. The van der Waals surface area contributed by atoms with Gasteiger partial charge >= 0.3 is 0 Å². The summed E-state index contributed by atoms with van der Waals surface area (Å²) in [6.45, 7) is 3.67. The van der Waals surface area contributed by atoms with Crippen molar-refractivity contribution in [1.29, 1.82) is 0 Å². The molecule has 0 radical (unpaired) electrons. The summed E-state index contributed by atoms with van der Waals surface area (Å²) >= 11 is 0. The predicted molar refractivity (Wildman–Crippen MR) is 115 cm³/mol. The summed E-state index contributed by atoms with van der Waals surface area (Å²) in [6, 6.07) is 19.8. The Balaban J connectivity index is 1.60. The first-order valence-electron chi connectivity index (χ1n) is 9.46. The van der Waals surface area contributed by atoms with Gasteiger partial charge in [0, 0.05) is 17.7 Å². The van der Waals surface area contributed by atoms with E-state index in [9.17, 15) is 4.79 Å². The number of hydrogen-bond acceptors (Lipinski definition) is 4. The van der Waals surface area contributed by atoms with Gasteiger partial charge in [-0.05, 0) is 35.9 Å². The van der Waals surface area contributed by atoms with Crippen molar-refractivity contribution < 1.29 is 4.79 Å². The molecular weight excluding hydrogens is 362 g/mol. The van der Waals surface area contributed by atoms with Crippen LogP contribution < -0.4 is 5.32 Å². The first-order valence-corrected chi connectivity index (χ1v) is 9.46. The molecule has 0 aliphatic carbocycles. The molecule has 0 spiro atoms. The Morgan fingerprint density at radius 2 is 1.83 bits per heavy atom. The number of carbonyl (C=O) groups is 1. The average molecular weight is 383 g/mol. The fourth-order valence-corrected chi connectivity index (χ4v) is 2.85. The van der Waals surface area contributed by atoms with Crippen LogP contribution in [0.5, 0.6) is 0 Å². The number of rotatable bonds is 5. The van der Waals surface area contributed by atoms with Crippen LogP contribution in [0.15, 0.2) is 66.9 Å². The summed E-state index contributed by atoms with van der Waals surface area (Å²) in [4.78, 5) is 20.6. The first kappa shape index (κ1) is 18.6. The molecule has 29 heavy (non-hydrogen) atoms. The van der Waals surface area contributed by atoms with Crippen molar-refractivity contribution in [3.63, 3.8) is 0 Å². The van der Waals surface area contributed by atoms with Crippen LogP contribution in [-0.2, 0) is 4.79 Å². The van der Waals surface area contributed by atoms with Crippen LogP contribution in [0.2, 0.25) is 0 Å². The molecule has 0 saturated carbocycles. The van der Waals surface area contributed by atoms with Crippen molar-refractivity contribution in [3.8, 4) is 11.3 Å². The molecule has 1 amide bonds. The second-order valence-corrected chi connectivity index (χ2v) is 6.97. The molecule has 0 saturated heterocycles. The Kier molecular flexibility index (Phi) is 5.16. The van der Waals surface area contributed by atoms with Gasteiger partial charge in [-0.15, -0.1) is 5.10 Å². The molecule has 0 unspecified atom stereocenters. The summed E-state index contributed by atoms with van der Waals surface area (Å²) in [5.74, 6) is 0.0744. The van der Waals surface area contributed by atoms with Crippen LogP contribution in [0.3, 0.4) is 0 Å². The molecule has 0 atom stereocenters. The molecule has 0 aliphatic heterocycles. The minimum atomic E-state index is -0.132. The molecular formula is C23H21N5O. The highest BCUT2D eigenvalue weighted by Gasteiger charge is 2.13. The quantitative estimate of drug-likeness (QED) is 0.548. The molecule has 4 rings (SSSR count). The highest BCUT2D eigenvalue weighted by Crippen LogP contribution is 2.22. The van der Waals surface area contributed by atoms with E-state index in [1.165, 1.54) is 0 Å². The zero-order valence-corrected chi connectivity index (χ0v) is 16.3. The summed E-state index contributed by atoms with van der Waals surface area (Å²) in [5.41, 5.74) is 4.59. The number of hydrogen-bond donors (Lipinski definition) is 1. The third-order valence-corrected chi connectivity index (χ3v) is 4.46. The molecule has 6 nitrogen and oxygen atoms in total. The monoisotopic (exact) mass is 383 g/mol. The molecule has 3 aromatic heterocycles. The van der Waals surface area contributed by atoms with E-state index in [1.807, 2.05) is 86.7 Å². The van der Waals surface area contributed by atoms with Gasteiger partial charge in [-0.2, -0.15) is 4.98 Å². The van der Waals surface area contributed by atoms with Crippen LogP contribution in [0.4, 0.5) is 5.95 Å². The summed E-state index contributed by atoms with van der Waals surface area (Å²) in [6.07, 6.45) is 5.79. The molecule has 6 heteroatoms. The van der Waals surface area contributed by atoms with E-state index in [4.69, 9.17) is 0 Å². The van der Waals surface area contributed by atoms with Gasteiger partial charge in [-0.1, -0.05) is 56.3 Å². The third kappa shape index (κ3) is 4.21. The Morgan fingerprint density at radius 3 is 2.55 bits per heavy atom. The van der Waals surface area contributed by atoms with Gasteiger partial charge < -0.3 is 0 Å². The van der Waals surface area contributed by atoms with Crippen LogP contribution in [0, 0.1) is 5.92 Å². The van der Waals surface area contributed by atoms with Crippen molar-refractivity contribution in [2.24, 2.45) is 5.92 Å². The standard InChI is InChI=1S/C23H21N5O/c1-16(2)22(29)26-23-25-21-8-5-7-20(28(21)27-23)18-12-9-17(10-13-18)11-14-19-6-3-4-15-24-19/h3-16H,1-2H3,(H,26,27,29)/b14-11+. The van der Waals surface area contributed by atoms with E-state index in [1.54, 1.807) is 10.7 Å². The number of amides is 1. The lowest BCUT2D eigenvalue weighted by Gasteiger charge is -2.05. The number of pyridine rings is 2. The molecule has 0 aliphatic rings. The van der Waals surface area contributed by atoms with Crippen LogP contribution in [0.25, 0.3) is 29.1 Å². The van der Waals surface area contributed by atoms with Crippen LogP contribution in [0.1, 0.15) is 25.1 Å². The smallest absolute Gasteiger partial charge is 0.249 e. The normalized spacial score (nSPS) is 11.4.